The van der Waals surface area contributed by atoms with Crippen LogP contribution in [0.25, 0.3) is 0 Å². The fraction of sp³-hybridized carbons (Fsp3) is 0.538. The van der Waals surface area contributed by atoms with E-state index in [-0.39, 0.29) is 18.0 Å². The zero-order chi connectivity index (χ0) is 12.0. The largest absolute Gasteiger partial charge is 0.372 e. The van der Waals surface area contributed by atoms with Crippen LogP contribution in [-0.4, -0.2) is 18.7 Å². The maximum atomic E-state index is 13.3. The number of benzene rings is 1. The average molecular weight is 225 g/mol. The minimum Gasteiger partial charge on any atom is -0.372 e. The highest BCUT2D eigenvalue weighted by Crippen LogP contribution is 2.10. The van der Waals surface area contributed by atoms with Crippen molar-refractivity contribution in [2.24, 2.45) is 0 Å². The van der Waals surface area contributed by atoms with Crippen LogP contribution in [0.4, 0.5) is 4.39 Å². The van der Waals surface area contributed by atoms with Crippen molar-refractivity contribution in [1.29, 1.82) is 0 Å². The first kappa shape index (κ1) is 13.1. The van der Waals surface area contributed by atoms with E-state index in [2.05, 4.69) is 19.2 Å². The summed E-state index contributed by atoms with van der Waals surface area (Å²) in [4.78, 5) is 0. The standard InChI is InChI=1S/C13H20FNO/c1-4-15-10(2)11(3)16-9-12-7-5-6-8-13(12)14/h5-8,10-11,15H,4,9H2,1-3H3. The molecule has 0 saturated carbocycles. The SMILES string of the molecule is CCNC(C)C(C)OCc1ccccc1F. The van der Waals surface area contributed by atoms with Gasteiger partial charge in [-0.2, -0.15) is 0 Å². The topological polar surface area (TPSA) is 21.3 Å². The molecule has 1 N–H and O–H groups in total. The van der Waals surface area contributed by atoms with Gasteiger partial charge in [0.05, 0.1) is 12.7 Å². The molecule has 0 aromatic heterocycles. The third-order valence-electron chi connectivity index (χ3n) is 2.69. The first-order chi connectivity index (χ1) is 7.65. The molecule has 0 heterocycles. The number of hydrogen-bond acceptors (Lipinski definition) is 2. The molecule has 1 aromatic rings. The third kappa shape index (κ3) is 3.91. The van der Waals surface area contributed by atoms with Gasteiger partial charge in [-0.05, 0) is 26.5 Å². The Balaban J connectivity index is 2.42. The quantitative estimate of drug-likeness (QED) is 0.803. The molecule has 0 fully saturated rings. The summed E-state index contributed by atoms with van der Waals surface area (Å²) in [6.07, 6.45) is 0.0690. The molecule has 0 bridgehead atoms. The van der Waals surface area contributed by atoms with Gasteiger partial charge in [-0.25, -0.2) is 4.39 Å². The van der Waals surface area contributed by atoms with Crippen molar-refractivity contribution in [3.05, 3.63) is 35.6 Å². The zero-order valence-corrected chi connectivity index (χ0v) is 10.2. The van der Waals surface area contributed by atoms with Gasteiger partial charge in [-0.15, -0.1) is 0 Å². The minimum atomic E-state index is -0.203. The van der Waals surface area contributed by atoms with E-state index < -0.39 is 0 Å². The lowest BCUT2D eigenvalue weighted by atomic mass is 10.2. The maximum Gasteiger partial charge on any atom is 0.128 e. The number of halogens is 1. The second-order valence-electron chi connectivity index (χ2n) is 3.95. The van der Waals surface area contributed by atoms with Crippen LogP contribution in [0.3, 0.4) is 0 Å². The summed E-state index contributed by atoms with van der Waals surface area (Å²) in [7, 11) is 0. The van der Waals surface area contributed by atoms with E-state index in [0.717, 1.165) is 6.54 Å². The summed E-state index contributed by atoms with van der Waals surface area (Å²) >= 11 is 0. The first-order valence-corrected chi connectivity index (χ1v) is 5.73. The third-order valence-corrected chi connectivity index (χ3v) is 2.69. The van der Waals surface area contributed by atoms with E-state index in [1.165, 1.54) is 6.07 Å². The van der Waals surface area contributed by atoms with Crippen molar-refractivity contribution < 1.29 is 9.13 Å². The second kappa shape index (κ2) is 6.61. The molecule has 1 aromatic carbocycles. The molecule has 0 aliphatic carbocycles. The van der Waals surface area contributed by atoms with Gasteiger partial charge in [0.15, 0.2) is 0 Å². The van der Waals surface area contributed by atoms with Crippen LogP contribution < -0.4 is 5.32 Å². The second-order valence-corrected chi connectivity index (χ2v) is 3.95. The monoisotopic (exact) mass is 225 g/mol. The number of hydrogen-bond donors (Lipinski definition) is 1. The molecule has 2 nitrogen and oxygen atoms in total. The Morgan fingerprint density at radius 2 is 2.00 bits per heavy atom. The van der Waals surface area contributed by atoms with E-state index in [9.17, 15) is 4.39 Å². The van der Waals surface area contributed by atoms with Crippen molar-refractivity contribution in [3.63, 3.8) is 0 Å². The lowest BCUT2D eigenvalue weighted by molar-refractivity contribution is 0.0303. The van der Waals surface area contributed by atoms with Crippen LogP contribution >= 0.6 is 0 Å². The summed E-state index contributed by atoms with van der Waals surface area (Å²) in [6, 6.07) is 6.98. The number of ether oxygens (including phenoxy) is 1. The Bertz CT molecular complexity index is 317. The van der Waals surface area contributed by atoms with Gasteiger partial charge in [-0.1, -0.05) is 25.1 Å². The summed E-state index contributed by atoms with van der Waals surface area (Å²) in [5, 5.41) is 3.28. The molecule has 2 unspecified atom stereocenters. The smallest absolute Gasteiger partial charge is 0.128 e. The van der Waals surface area contributed by atoms with Crippen molar-refractivity contribution in [3.8, 4) is 0 Å². The van der Waals surface area contributed by atoms with Crippen molar-refractivity contribution in [1.82, 2.24) is 5.32 Å². The van der Waals surface area contributed by atoms with Crippen LogP contribution in [0.15, 0.2) is 24.3 Å². The molecular formula is C13H20FNO. The van der Waals surface area contributed by atoms with Crippen molar-refractivity contribution in [2.45, 2.75) is 39.5 Å². The Morgan fingerprint density at radius 3 is 2.62 bits per heavy atom. The van der Waals surface area contributed by atoms with E-state index in [0.29, 0.717) is 12.2 Å². The fourth-order valence-corrected chi connectivity index (χ4v) is 1.47. The van der Waals surface area contributed by atoms with Crippen LogP contribution in [0, 0.1) is 5.82 Å². The summed E-state index contributed by atoms with van der Waals surface area (Å²) in [6.45, 7) is 7.35. The number of rotatable bonds is 6. The highest BCUT2D eigenvalue weighted by molar-refractivity contribution is 5.16. The Morgan fingerprint density at radius 1 is 1.31 bits per heavy atom. The Kier molecular flexibility index (Phi) is 5.43. The molecular weight excluding hydrogens is 205 g/mol. The highest BCUT2D eigenvalue weighted by Gasteiger charge is 2.11. The molecule has 90 valence electrons. The van der Waals surface area contributed by atoms with Gasteiger partial charge < -0.3 is 10.1 Å². The molecule has 0 saturated heterocycles. The van der Waals surface area contributed by atoms with Gasteiger partial charge >= 0.3 is 0 Å². The fourth-order valence-electron chi connectivity index (χ4n) is 1.47. The van der Waals surface area contributed by atoms with Gasteiger partial charge in [0, 0.05) is 11.6 Å². The number of nitrogens with one attached hydrogen (secondary N) is 1. The Labute approximate surface area is 96.8 Å². The molecule has 0 spiro atoms. The summed E-state index contributed by atoms with van der Waals surface area (Å²) in [5.41, 5.74) is 0.609. The van der Waals surface area contributed by atoms with Crippen LogP contribution in [0.2, 0.25) is 0 Å². The van der Waals surface area contributed by atoms with E-state index >= 15 is 0 Å². The minimum absolute atomic E-state index is 0.0690. The molecule has 16 heavy (non-hydrogen) atoms. The van der Waals surface area contributed by atoms with Crippen molar-refractivity contribution in [2.75, 3.05) is 6.54 Å². The molecule has 0 amide bonds. The van der Waals surface area contributed by atoms with Gasteiger partial charge in [0.2, 0.25) is 0 Å². The van der Waals surface area contributed by atoms with E-state index in [4.69, 9.17) is 4.74 Å². The van der Waals surface area contributed by atoms with Crippen LogP contribution in [0.5, 0.6) is 0 Å². The van der Waals surface area contributed by atoms with Gasteiger partial charge in [0.1, 0.15) is 5.82 Å². The predicted octanol–water partition coefficient (Wildman–Crippen LogP) is 2.73. The molecule has 2 atom stereocenters. The average Bonchev–Trinajstić information content (AvgIpc) is 2.28. The normalized spacial score (nSPS) is 14.8. The molecule has 0 radical (unpaired) electrons. The first-order valence-electron chi connectivity index (χ1n) is 5.73. The lowest BCUT2D eigenvalue weighted by Gasteiger charge is -2.21. The van der Waals surface area contributed by atoms with Crippen molar-refractivity contribution >= 4 is 0 Å². The molecule has 0 aliphatic rings. The predicted molar refractivity (Wildman–Crippen MR) is 63.8 cm³/mol. The summed E-state index contributed by atoms with van der Waals surface area (Å²) < 4.78 is 18.9. The Hall–Kier alpha value is -0.930. The molecule has 0 aliphatic heterocycles. The number of likely N-dealkylation sites (N-methyl/N-ethyl adjacent to an activating group) is 1. The van der Waals surface area contributed by atoms with E-state index in [1.54, 1.807) is 12.1 Å². The highest BCUT2D eigenvalue weighted by atomic mass is 19.1. The maximum absolute atomic E-state index is 13.3. The van der Waals surface area contributed by atoms with Gasteiger partial charge in [-0.3, -0.25) is 0 Å². The zero-order valence-electron chi connectivity index (χ0n) is 10.2. The molecule has 3 heteroatoms. The summed E-state index contributed by atoms with van der Waals surface area (Å²) in [5.74, 6) is -0.203. The van der Waals surface area contributed by atoms with Gasteiger partial charge in [0.25, 0.3) is 0 Å². The van der Waals surface area contributed by atoms with Crippen LogP contribution in [0.1, 0.15) is 26.3 Å². The lowest BCUT2D eigenvalue weighted by Crippen LogP contribution is -2.36. The van der Waals surface area contributed by atoms with E-state index in [1.807, 2.05) is 13.0 Å². The molecule has 1 rings (SSSR count). The van der Waals surface area contributed by atoms with Crippen LogP contribution in [-0.2, 0) is 11.3 Å².